The van der Waals surface area contributed by atoms with Gasteiger partial charge in [-0.25, -0.2) is 17.6 Å². The zero-order valence-corrected chi connectivity index (χ0v) is 14.4. The highest BCUT2D eigenvalue weighted by Gasteiger charge is 2.10. The minimum Gasteiger partial charge on any atom is -0.383 e. The van der Waals surface area contributed by atoms with E-state index in [1.807, 2.05) is 0 Å². The van der Waals surface area contributed by atoms with E-state index in [0.29, 0.717) is 0 Å². The number of carbonyl (C=O) groups is 2. The fourth-order valence-electron chi connectivity index (χ4n) is 1.76. The van der Waals surface area contributed by atoms with E-state index in [4.69, 9.17) is 0 Å². The SMILES string of the molecule is CC(=O)c1cc(F)ccc1F.CN(C)C=CC(=O)c1cc(F)ccc1F. The van der Waals surface area contributed by atoms with Gasteiger partial charge >= 0.3 is 0 Å². The molecule has 7 heteroatoms. The molecule has 0 aliphatic heterocycles. The normalized spacial score (nSPS) is 10.3. The Morgan fingerprint density at radius 2 is 1.31 bits per heavy atom. The smallest absolute Gasteiger partial charge is 0.190 e. The minimum absolute atomic E-state index is 0.204. The molecule has 26 heavy (non-hydrogen) atoms. The van der Waals surface area contributed by atoms with Crippen LogP contribution >= 0.6 is 0 Å². The van der Waals surface area contributed by atoms with Gasteiger partial charge in [-0.2, -0.15) is 0 Å². The standard InChI is InChI=1S/C11H11F2NO.C8H6F2O/c1-14(2)6-5-11(15)9-7-8(12)3-4-10(9)13;1-5(11)7-4-6(9)2-3-8(7)10/h3-7H,1-2H3;2-4H,1H3. The molecule has 0 aliphatic rings. The van der Waals surface area contributed by atoms with E-state index in [2.05, 4.69) is 0 Å². The fourth-order valence-corrected chi connectivity index (χ4v) is 1.76. The lowest BCUT2D eigenvalue weighted by Crippen LogP contribution is -2.04. The van der Waals surface area contributed by atoms with Crippen molar-refractivity contribution in [1.29, 1.82) is 0 Å². The summed E-state index contributed by atoms with van der Waals surface area (Å²) in [5, 5.41) is 0. The first-order valence-electron chi connectivity index (χ1n) is 7.41. The van der Waals surface area contributed by atoms with Crippen molar-refractivity contribution in [3.8, 4) is 0 Å². The van der Waals surface area contributed by atoms with Crippen LogP contribution in [-0.2, 0) is 0 Å². The second-order valence-electron chi connectivity index (χ2n) is 5.45. The molecule has 3 nitrogen and oxygen atoms in total. The summed E-state index contributed by atoms with van der Waals surface area (Å²) in [5.74, 6) is -3.65. The molecule has 2 aromatic rings. The van der Waals surface area contributed by atoms with Gasteiger partial charge in [0.2, 0.25) is 0 Å². The van der Waals surface area contributed by atoms with Crippen molar-refractivity contribution in [2.75, 3.05) is 14.1 Å². The van der Waals surface area contributed by atoms with Crippen LogP contribution in [0.1, 0.15) is 27.6 Å². The summed E-state index contributed by atoms with van der Waals surface area (Å²) < 4.78 is 50.9. The molecule has 0 fully saturated rings. The third kappa shape index (κ3) is 6.51. The number of ketones is 2. The molecule has 0 saturated carbocycles. The Hall–Kier alpha value is -2.96. The lowest BCUT2D eigenvalue weighted by Gasteiger charge is -2.03. The van der Waals surface area contributed by atoms with Gasteiger partial charge < -0.3 is 4.90 Å². The van der Waals surface area contributed by atoms with Crippen LogP contribution in [-0.4, -0.2) is 30.6 Å². The van der Waals surface area contributed by atoms with Crippen molar-refractivity contribution in [3.05, 3.63) is 83.1 Å². The van der Waals surface area contributed by atoms with Crippen molar-refractivity contribution in [3.63, 3.8) is 0 Å². The van der Waals surface area contributed by atoms with E-state index in [0.717, 1.165) is 36.4 Å². The summed E-state index contributed by atoms with van der Waals surface area (Å²) in [6.45, 7) is 1.19. The van der Waals surface area contributed by atoms with Crippen LogP contribution in [0.25, 0.3) is 0 Å². The number of hydrogen-bond acceptors (Lipinski definition) is 3. The Labute approximate surface area is 148 Å². The maximum absolute atomic E-state index is 13.1. The Morgan fingerprint density at radius 3 is 1.73 bits per heavy atom. The quantitative estimate of drug-likeness (QED) is 0.457. The molecule has 138 valence electrons. The highest BCUT2D eigenvalue weighted by Crippen LogP contribution is 2.11. The van der Waals surface area contributed by atoms with Gasteiger partial charge in [-0.3, -0.25) is 9.59 Å². The van der Waals surface area contributed by atoms with E-state index in [9.17, 15) is 27.2 Å². The molecule has 2 aromatic carbocycles. The number of carbonyl (C=O) groups excluding carboxylic acids is 2. The lowest BCUT2D eigenvalue weighted by atomic mass is 10.1. The molecule has 0 unspecified atom stereocenters. The Kier molecular flexibility index (Phi) is 7.71. The first-order valence-corrected chi connectivity index (χ1v) is 7.41. The van der Waals surface area contributed by atoms with Crippen molar-refractivity contribution < 1.29 is 27.2 Å². The van der Waals surface area contributed by atoms with Crippen molar-refractivity contribution >= 4 is 11.6 Å². The van der Waals surface area contributed by atoms with Crippen molar-refractivity contribution in [2.24, 2.45) is 0 Å². The molecule has 0 aliphatic carbocycles. The second kappa shape index (κ2) is 9.50. The first kappa shape index (κ1) is 21.1. The molecule has 0 atom stereocenters. The van der Waals surface area contributed by atoms with Crippen LogP contribution < -0.4 is 0 Å². The van der Waals surface area contributed by atoms with Crippen LogP contribution in [0, 0.1) is 23.3 Å². The zero-order chi connectivity index (χ0) is 19.9. The Bertz CT molecular complexity index is 832. The van der Waals surface area contributed by atoms with E-state index in [1.165, 1.54) is 19.2 Å². The Balaban J connectivity index is 0.000000273. The molecular weight excluding hydrogens is 350 g/mol. The van der Waals surface area contributed by atoms with Gasteiger partial charge in [-0.05, 0) is 43.3 Å². The summed E-state index contributed by atoms with van der Waals surface area (Å²) in [5.41, 5.74) is -0.460. The fraction of sp³-hybridized carbons (Fsp3) is 0.158. The van der Waals surface area contributed by atoms with Crippen molar-refractivity contribution in [1.82, 2.24) is 4.90 Å². The molecule has 0 N–H and O–H groups in total. The van der Waals surface area contributed by atoms with Crippen LogP contribution in [0.5, 0.6) is 0 Å². The molecular formula is C19H17F4NO2. The average molecular weight is 367 g/mol. The Morgan fingerprint density at radius 1 is 0.846 bits per heavy atom. The number of benzene rings is 2. The summed E-state index contributed by atoms with van der Waals surface area (Å²) in [4.78, 5) is 23.6. The lowest BCUT2D eigenvalue weighted by molar-refractivity contribution is 0.101. The van der Waals surface area contributed by atoms with E-state index in [-0.39, 0.29) is 11.1 Å². The number of Topliss-reactive ketones (excluding diaryl/α,β-unsaturated/α-hetero) is 1. The van der Waals surface area contributed by atoms with Gasteiger partial charge in [0.1, 0.15) is 23.3 Å². The number of rotatable bonds is 4. The minimum atomic E-state index is -0.718. The highest BCUT2D eigenvalue weighted by atomic mass is 19.1. The van der Waals surface area contributed by atoms with Gasteiger partial charge in [0, 0.05) is 26.4 Å². The maximum atomic E-state index is 13.1. The van der Waals surface area contributed by atoms with Crippen LogP contribution in [0.3, 0.4) is 0 Å². The van der Waals surface area contributed by atoms with Crippen molar-refractivity contribution in [2.45, 2.75) is 6.92 Å². The van der Waals surface area contributed by atoms with Crippen LogP contribution in [0.2, 0.25) is 0 Å². The van der Waals surface area contributed by atoms with Gasteiger partial charge in [0.25, 0.3) is 0 Å². The zero-order valence-electron chi connectivity index (χ0n) is 14.4. The highest BCUT2D eigenvalue weighted by molar-refractivity contribution is 6.04. The summed E-state index contributed by atoms with van der Waals surface area (Å²) in [6.07, 6.45) is 2.67. The molecule has 2 rings (SSSR count). The van der Waals surface area contributed by atoms with Crippen LogP contribution in [0.4, 0.5) is 17.6 Å². The molecule has 0 bridgehead atoms. The van der Waals surface area contributed by atoms with E-state index in [1.54, 1.807) is 19.0 Å². The average Bonchev–Trinajstić information content (AvgIpc) is 2.57. The first-order chi connectivity index (χ1) is 12.1. The van der Waals surface area contributed by atoms with E-state index < -0.39 is 34.8 Å². The molecule has 0 spiro atoms. The predicted octanol–water partition coefficient (Wildman–Crippen LogP) is 4.39. The van der Waals surface area contributed by atoms with E-state index >= 15 is 0 Å². The topological polar surface area (TPSA) is 37.4 Å². The number of allylic oxidation sites excluding steroid dienone is 1. The van der Waals surface area contributed by atoms with Crippen LogP contribution in [0.15, 0.2) is 48.7 Å². The van der Waals surface area contributed by atoms with Gasteiger partial charge in [0.15, 0.2) is 11.6 Å². The maximum Gasteiger partial charge on any atom is 0.190 e. The van der Waals surface area contributed by atoms with Gasteiger partial charge in [-0.15, -0.1) is 0 Å². The number of nitrogens with zero attached hydrogens (tertiary/aromatic N) is 1. The predicted molar refractivity (Wildman–Crippen MR) is 89.9 cm³/mol. The monoisotopic (exact) mass is 367 g/mol. The molecule has 0 aromatic heterocycles. The molecule has 0 amide bonds. The summed E-state index contributed by atoms with van der Waals surface area (Å²) in [6, 6.07) is 5.59. The molecule has 0 saturated heterocycles. The molecule has 0 radical (unpaired) electrons. The largest absolute Gasteiger partial charge is 0.383 e. The number of hydrogen-bond donors (Lipinski definition) is 0. The summed E-state index contributed by atoms with van der Waals surface area (Å²) >= 11 is 0. The molecule has 0 heterocycles. The third-order valence-electron chi connectivity index (χ3n) is 3.03. The third-order valence-corrected chi connectivity index (χ3v) is 3.03. The second-order valence-corrected chi connectivity index (χ2v) is 5.45. The number of halogens is 4. The van der Waals surface area contributed by atoms with Gasteiger partial charge in [0.05, 0.1) is 11.1 Å². The summed E-state index contributed by atoms with van der Waals surface area (Å²) in [7, 11) is 3.46. The van der Waals surface area contributed by atoms with Gasteiger partial charge in [-0.1, -0.05) is 0 Å².